The van der Waals surface area contributed by atoms with E-state index in [1.807, 2.05) is 4.90 Å². The molecule has 1 aliphatic rings. The Morgan fingerprint density at radius 3 is 2.88 bits per heavy atom. The van der Waals surface area contributed by atoms with Gasteiger partial charge in [-0.25, -0.2) is 22.5 Å². The summed E-state index contributed by atoms with van der Waals surface area (Å²) in [4.78, 5) is 6.17. The van der Waals surface area contributed by atoms with Crippen LogP contribution >= 0.6 is 34.9 Å². The number of ether oxygens (including phenoxy) is 1. The van der Waals surface area contributed by atoms with Gasteiger partial charge in [0.1, 0.15) is 29.7 Å². The van der Waals surface area contributed by atoms with Crippen LogP contribution < -0.4 is 9.46 Å². The van der Waals surface area contributed by atoms with Crippen LogP contribution in [0.15, 0.2) is 52.2 Å². The average molecular weight is 518 g/mol. The Morgan fingerprint density at radius 2 is 2.15 bits per heavy atom. The number of likely N-dealkylation sites (tertiary alicyclic amines) is 1. The summed E-state index contributed by atoms with van der Waals surface area (Å²) in [6.07, 6.45) is -4.31. The van der Waals surface area contributed by atoms with Gasteiger partial charge in [-0.15, -0.1) is 11.3 Å². The highest BCUT2D eigenvalue weighted by atomic mass is 35.5. The second kappa shape index (κ2) is 10.9. The normalized spacial score (nSPS) is 19.1. The van der Waals surface area contributed by atoms with Crippen LogP contribution in [0.5, 0.6) is 5.75 Å². The van der Waals surface area contributed by atoms with Crippen molar-refractivity contribution in [1.82, 2.24) is 9.88 Å². The summed E-state index contributed by atoms with van der Waals surface area (Å²) in [6.45, 7) is 0.950. The van der Waals surface area contributed by atoms with Crippen molar-refractivity contribution in [1.29, 1.82) is 0 Å². The third-order valence-corrected chi connectivity index (χ3v) is 6.86. The highest BCUT2D eigenvalue weighted by molar-refractivity contribution is 8.00. The first kappa shape index (κ1) is 24.1. The summed E-state index contributed by atoms with van der Waals surface area (Å²) in [6, 6.07) is 8.70. The fourth-order valence-corrected chi connectivity index (χ4v) is 5.01. The molecule has 1 fully saturated rings. The molecule has 4 nitrogen and oxygen atoms in total. The number of hydrogen-bond donors (Lipinski definition) is 1. The Hall–Kier alpha value is -2.01. The third kappa shape index (κ3) is 6.32. The minimum absolute atomic E-state index is 0.0532. The lowest BCUT2D eigenvalue weighted by molar-refractivity contribution is 0.0189. The lowest BCUT2D eigenvalue weighted by Crippen LogP contribution is -2.46. The number of aromatic nitrogens is 1. The topological polar surface area (TPSA) is 37.4 Å². The van der Waals surface area contributed by atoms with Crippen molar-refractivity contribution < 1.29 is 22.3 Å². The van der Waals surface area contributed by atoms with E-state index in [4.69, 9.17) is 16.3 Å². The molecule has 0 aliphatic carbocycles. The molecule has 2 atom stereocenters. The Morgan fingerprint density at radius 1 is 1.30 bits per heavy atom. The SMILES string of the molecule is Fc1cc(OC2CCN(Cc3cccc(C(F)F)c3)CC2F)c(Cl)cc1SNc1cscn1. The van der Waals surface area contributed by atoms with Crippen molar-refractivity contribution in [3.8, 4) is 5.75 Å². The van der Waals surface area contributed by atoms with Crippen molar-refractivity contribution in [2.45, 2.75) is 36.6 Å². The molecule has 0 saturated carbocycles. The Kier molecular flexibility index (Phi) is 8.00. The molecule has 4 rings (SSSR count). The fourth-order valence-electron chi connectivity index (χ4n) is 3.52. The van der Waals surface area contributed by atoms with Crippen molar-refractivity contribution >= 4 is 40.7 Å². The first-order valence-corrected chi connectivity index (χ1v) is 12.2. The summed E-state index contributed by atoms with van der Waals surface area (Å²) in [5.74, 6) is 0.139. The van der Waals surface area contributed by atoms with E-state index in [9.17, 15) is 17.6 Å². The van der Waals surface area contributed by atoms with E-state index in [1.165, 1.54) is 29.5 Å². The first-order valence-electron chi connectivity index (χ1n) is 10.1. The van der Waals surface area contributed by atoms with Gasteiger partial charge in [0.15, 0.2) is 0 Å². The number of anilines is 1. The predicted octanol–water partition coefficient (Wildman–Crippen LogP) is 6.98. The zero-order valence-electron chi connectivity index (χ0n) is 17.2. The summed E-state index contributed by atoms with van der Waals surface area (Å²) >= 11 is 8.70. The minimum Gasteiger partial charge on any atom is -0.486 e. The summed E-state index contributed by atoms with van der Waals surface area (Å²) < 4.78 is 63.8. The number of halogens is 5. The Balaban J connectivity index is 1.34. The lowest BCUT2D eigenvalue weighted by atomic mass is 10.0. The Bertz CT molecular complexity index is 1070. The number of hydrogen-bond acceptors (Lipinski definition) is 6. The third-order valence-electron chi connectivity index (χ3n) is 5.14. The van der Waals surface area contributed by atoms with Crippen LogP contribution in [-0.2, 0) is 6.54 Å². The highest BCUT2D eigenvalue weighted by Gasteiger charge is 2.31. The second-order valence-corrected chi connectivity index (χ2v) is 9.51. The van der Waals surface area contributed by atoms with Crippen LogP contribution in [0.3, 0.4) is 0 Å². The Labute approximate surface area is 202 Å². The molecule has 2 unspecified atom stereocenters. The van der Waals surface area contributed by atoms with E-state index in [2.05, 4.69) is 9.71 Å². The van der Waals surface area contributed by atoms with Crippen molar-refractivity contribution in [2.24, 2.45) is 0 Å². The van der Waals surface area contributed by atoms with Gasteiger partial charge < -0.3 is 9.46 Å². The molecule has 1 saturated heterocycles. The van der Waals surface area contributed by atoms with E-state index in [1.54, 1.807) is 23.0 Å². The van der Waals surface area contributed by atoms with Crippen LogP contribution in [0.1, 0.15) is 24.0 Å². The molecule has 0 amide bonds. The summed E-state index contributed by atoms with van der Waals surface area (Å²) in [5.41, 5.74) is 2.30. The zero-order valence-corrected chi connectivity index (χ0v) is 19.6. The second-order valence-electron chi connectivity index (χ2n) is 7.53. The highest BCUT2D eigenvalue weighted by Crippen LogP contribution is 2.35. The summed E-state index contributed by atoms with van der Waals surface area (Å²) in [5, 5.41) is 1.96. The van der Waals surface area contributed by atoms with Crippen LogP contribution in [0, 0.1) is 5.82 Å². The average Bonchev–Trinajstić information content (AvgIpc) is 3.30. The van der Waals surface area contributed by atoms with Crippen LogP contribution in [0.4, 0.5) is 23.4 Å². The molecule has 3 aromatic rings. The van der Waals surface area contributed by atoms with E-state index in [0.717, 1.165) is 18.0 Å². The molecule has 1 aromatic heterocycles. The molecule has 0 bridgehead atoms. The van der Waals surface area contributed by atoms with Crippen molar-refractivity contribution in [3.63, 3.8) is 0 Å². The maximum absolute atomic E-state index is 14.8. The number of thiazole rings is 1. The number of nitrogens with one attached hydrogen (secondary N) is 1. The van der Waals surface area contributed by atoms with Gasteiger partial charge >= 0.3 is 0 Å². The molecular formula is C22H20ClF4N3OS2. The monoisotopic (exact) mass is 517 g/mol. The quantitative estimate of drug-likeness (QED) is 0.257. The van der Waals surface area contributed by atoms with E-state index in [-0.39, 0.29) is 27.8 Å². The van der Waals surface area contributed by atoms with Gasteiger partial charge in [-0.3, -0.25) is 4.90 Å². The smallest absolute Gasteiger partial charge is 0.263 e. The maximum atomic E-state index is 14.8. The lowest BCUT2D eigenvalue weighted by Gasteiger charge is -2.35. The molecule has 33 heavy (non-hydrogen) atoms. The molecule has 11 heteroatoms. The first-order chi connectivity index (χ1) is 15.9. The van der Waals surface area contributed by atoms with Crippen LogP contribution in [0.2, 0.25) is 5.02 Å². The largest absolute Gasteiger partial charge is 0.486 e. The van der Waals surface area contributed by atoms with Crippen molar-refractivity contribution in [2.75, 3.05) is 17.8 Å². The molecule has 2 aromatic carbocycles. The zero-order chi connectivity index (χ0) is 23.4. The van der Waals surface area contributed by atoms with Gasteiger partial charge in [-0.1, -0.05) is 29.8 Å². The van der Waals surface area contributed by atoms with Gasteiger partial charge in [0.25, 0.3) is 6.43 Å². The number of piperidine rings is 1. The predicted molar refractivity (Wildman–Crippen MR) is 124 cm³/mol. The minimum atomic E-state index is -2.55. The van der Waals surface area contributed by atoms with Crippen molar-refractivity contribution in [3.05, 3.63) is 69.3 Å². The van der Waals surface area contributed by atoms with Gasteiger partial charge in [0.2, 0.25) is 0 Å². The molecule has 1 N–H and O–H groups in total. The molecule has 176 valence electrons. The summed E-state index contributed by atoms with van der Waals surface area (Å²) in [7, 11) is 0. The maximum Gasteiger partial charge on any atom is 0.263 e. The standard InChI is InChI=1S/C22H20ClF4N3OS2/c23-15-7-20(33-29-21-11-32-12-28-21)16(24)8-19(15)31-18-4-5-30(10-17(18)25)9-13-2-1-3-14(6-13)22(26)27/h1-3,6-8,11-12,17-18,22,29H,4-5,9-10H2. The van der Waals surface area contributed by atoms with Gasteiger partial charge in [0, 0.05) is 36.6 Å². The number of benzene rings is 2. The van der Waals surface area contributed by atoms with Crippen LogP contribution in [0.25, 0.3) is 0 Å². The molecule has 0 spiro atoms. The molecule has 2 heterocycles. The van der Waals surface area contributed by atoms with E-state index >= 15 is 0 Å². The van der Waals surface area contributed by atoms with E-state index < -0.39 is 24.5 Å². The molecule has 0 radical (unpaired) electrons. The number of nitrogens with zero attached hydrogens (tertiary/aromatic N) is 2. The van der Waals surface area contributed by atoms with Gasteiger partial charge in [-0.2, -0.15) is 0 Å². The fraction of sp³-hybridized carbons (Fsp3) is 0.318. The van der Waals surface area contributed by atoms with Crippen LogP contribution in [-0.4, -0.2) is 35.2 Å². The number of alkyl halides is 3. The van der Waals surface area contributed by atoms with Gasteiger partial charge in [-0.05, 0) is 36.1 Å². The number of rotatable bonds is 8. The van der Waals surface area contributed by atoms with E-state index in [0.29, 0.717) is 30.9 Å². The molecule has 1 aliphatic heterocycles. The molecular weight excluding hydrogens is 498 g/mol. The van der Waals surface area contributed by atoms with Gasteiger partial charge in [0.05, 0.1) is 15.4 Å².